The van der Waals surface area contributed by atoms with E-state index in [2.05, 4.69) is 25.5 Å². The number of hydrogen-bond acceptors (Lipinski definition) is 8. The van der Waals surface area contributed by atoms with Crippen molar-refractivity contribution in [2.24, 2.45) is 11.8 Å². The summed E-state index contributed by atoms with van der Waals surface area (Å²) < 4.78 is 26.8. The maximum atomic E-state index is 13.7. The van der Waals surface area contributed by atoms with Crippen molar-refractivity contribution in [2.75, 3.05) is 30.4 Å². The van der Waals surface area contributed by atoms with Gasteiger partial charge < -0.3 is 19.7 Å². The molecule has 1 N–H and O–H groups in total. The average molecular weight is 486 g/mol. The number of benzene rings is 1. The van der Waals surface area contributed by atoms with Gasteiger partial charge in [-0.05, 0) is 36.8 Å². The monoisotopic (exact) mass is 485 g/mol. The molecule has 3 aromatic rings. The highest BCUT2D eigenvalue weighted by Crippen LogP contribution is 2.40. The van der Waals surface area contributed by atoms with Crippen LogP contribution in [0.25, 0.3) is 0 Å². The van der Waals surface area contributed by atoms with Gasteiger partial charge in [0.2, 0.25) is 11.8 Å². The maximum absolute atomic E-state index is 13.7. The topological polar surface area (TPSA) is 90.2 Å². The normalized spacial score (nSPS) is 25.3. The molecule has 1 saturated heterocycles. The fourth-order valence-corrected chi connectivity index (χ4v) is 5.70. The lowest BCUT2D eigenvalue weighted by molar-refractivity contribution is 0.202. The lowest BCUT2D eigenvalue weighted by Crippen LogP contribution is -2.48. The Labute approximate surface area is 201 Å². The highest BCUT2D eigenvalue weighted by molar-refractivity contribution is 6.30. The van der Waals surface area contributed by atoms with E-state index in [1.165, 1.54) is 12.1 Å². The molecule has 2 fully saturated rings. The summed E-state index contributed by atoms with van der Waals surface area (Å²) in [5.41, 5.74) is 1.04. The first-order chi connectivity index (χ1) is 16.6. The zero-order valence-corrected chi connectivity index (χ0v) is 19.5. The third-order valence-electron chi connectivity index (χ3n) is 7.03. The van der Waals surface area contributed by atoms with Gasteiger partial charge in [0.25, 0.3) is 0 Å². The van der Waals surface area contributed by atoms with Crippen LogP contribution in [0.2, 0.25) is 5.02 Å². The van der Waals surface area contributed by atoms with E-state index < -0.39 is 5.82 Å². The van der Waals surface area contributed by atoms with Crippen molar-refractivity contribution in [3.8, 4) is 11.6 Å². The molecule has 1 aromatic carbocycles. The van der Waals surface area contributed by atoms with Gasteiger partial charge in [-0.2, -0.15) is 10.1 Å². The van der Waals surface area contributed by atoms with Gasteiger partial charge in [-0.15, -0.1) is 10.2 Å². The molecule has 178 valence electrons. The van der Waals surface area contributed by atoms with Crippen LogP contribution in [0.3, 0.4) is 0 Å². The molecule has 1 unspecified atom stereocenters. The van der Waals surface area contributed by atoms with Crippen LogP contribution < -0.4 is 19.7 Å². The summed E-state index contributed by atoms with van der Waals surface area (Å²) in [5, 5.41) is 16.6. The predicted octanol–water partition coefficient (Wildman–Crippen LogP) is 3.72. The standard InChI is InChI=1S/C23H25ClFN7O2/c1-33-20-9-17(10-26-29-20)31-11-13-2-3-14(12-31)21(13)27-23-28-22-19(4-5-32(22)30-23)34-18-7-15(24)6-16(25)8-18/h6-10,13-14,19,21H,2-5,11-12H2,1H3,(H,27,30)/t13-,14+,19-,21?/m1/s1. The highest BCUT2D eigenvalue weighted by atomic mass is 35.5. The van der Waals surface area contributed by atoms with Gasteiger partial charge in [-0.25, -0.2) is 9.07 Å². The van der Waals surface area contributed by atoms with E-state index in [4.69, 9.17) is 26.1 Å². The minimum atomic E-state index is -0.424. The van der Waals surface area contributed by atoms with E-state index >= 15 is 0 Å². The summed E-state index contributed by atoms with van der Waals surface area (Å²) >= 11 is 5.97. The number of rotatable bonds is 6. The number of halogens is 2. The third-order valence-corrected chi connectivity index (χ3v) is 7.25. The molecule has 2 aliphatic heterocycles. The van der Waals surface area contributed by atoms with Gasteiger partial charge in [-0.1, -0.05) is 11.6 Å². The van der Waals surface area contributed by atoms with Crippen LogP contribution in [0, 0.1) is 17.7 Å². The zero-order chi connectivity index (χ0) is 23.2. The summed E-state index contributed by atoms with van der Waals surface area (Å²) in [5.74, 6) is 2.85. The van der Waals surface area contributed by atoms with E-state index in [9.17, 15) is 4.39 Å². The van der Waals surface area contributed by atoms with E-state index in [0.29, 0.717) is 47.0 Å². The molecule has 4 atom stereocenters. The maximum Gasteiger partial charge on any atom is 0.242 e. The lowest BCUT2D eigenvalue weighted by Gasteiger charge is -2.39. The van der Waals surface area contributed by atoms with Crippen molar-refractivity contribution in [3.05, 3.63) is 47.1 Å². The quantitative estimate of drug-likeness (QED) is 0.565. The van der Waals surface area contributed by atoms with Crippen molar-refractivity contribution < 1.29 is 13.9 Å². The van der Waals surface area contributed by atoms with E-state index in [0.717, 1.165) is 43.9 Å². The predicted molar refractivity (Wildman–Crippen MR) is 124 cm³/mol. The Hall–Kier alpha value is -3.14. The van der Waals surface area contributed by atoms with Crippen molar-refractivity contribution in [1.29, 1.82) is 0 Å². The Balaban J connectivity index is 1.14. The van der Waals surface area contributed by atoms with Gasteiger partial charge in [0.15, 0.2) is 11.9 Å². The van der Waals surface area contributed by atoms with Crippen molar-refractivity contribution in [1.82, 2.24) is 25.0 Å². The van der Waals surface area contributed by atoms with Crippen LogP contribution >= 0.6 is 11.6 Å². The molecule has 1 saturated carbocycles. The smallest absolute Gasteiger partial charge is 0.242 e. The van der Waals surface area contributed by atoms with Crippen LogP contribution in [0.4, 0.5) is 16.0 Å². The first-order valence-corrected chi connectivity index (χ1v) is 11.9. The molecule has 4 heterocycles. The molecular weight excluding hydrogens is 461 g/mol. The molecule has 1 aliphatic carbocycles. The summed E-state index contributed by atoms with van der Waals surface area (Å²) in [7, 11) is 1.60. The Morgan fingerprint density at radius 2 is 1.94 bits per heavy atom. The number of nitrogens with one attached hydrogen (secondary N) is 1. The zero-order valence-electron chi connectivity index (χ0n) is 18.7. The fourth-order valence-electron chi connectivity index (χ4n) is 5.49. The SMILES string of the molecule is COc1cc(N2C[C@H]3CC[C@@H](C2)C3Nc2nc3n(n2)CC[C@H]3Oc2cc(F)cc(Cl)c2)cnn1. The Kier molecular flexibility index (Phi) is 5.40. The Bertz CT molecular complexity index is 1170. The molecule has 6 rings (SSSR count). The second-order valence-electron chi connectivity index (χ2n) is 9.15. The summed E-state index contributed by atoms with van der Waals surface area (Å²) in [6.45, 7) is 2.57. The molecule has 2 aromatic heterocycles. The Morgan fingerprint density at radius 1 is 1.12 bits per heavy atom. The largest absolute Gasteiger partial charge is 0.482 e. The van der Waals surface area contributed by atoms with Gasteiger partial charge in [-0.3, -0.25) is 0 Å². The first-order valence-electron chi connectivity index (χ1n) is 11.5. The van der Waals surface area contributed by atoms with Crippen LogP contribution in [0.5, 0.6) is 11.6 Å². The minimum absolute atomic E-state index is 0.284. The number of piperidine rings is 1. The Morgan fingerprint density at radius 3 is 2.71 bits per heavy atom. The van der Waals surface area contributed by atoms with E-state index in [1.54, 1.807) is 19.4 Å². The van der Waals surface area contributed by atoms with Gasteiger partial charge in [0.1, 0.15) is 11.6 Å². The number of methoxy groups -OCH3 is 1. The highest BCUT2D eigenvalue weighted by Gasteiger charge is 2.43. The van der Waals surface area contributed by atoms with Gasteiger partial charge in [0.05, 0.1) is 19.0 Å². The molecule has 3 aliphatic rings. The van der Waals surface area contributed by atoms with E-state index in [-0.39, 0.29) is 6.10 Å². The second kappa shape index (κ2) is 8.57. The summed E-state index contributed by atoms with van der Waals surface area (Å²) in [4.78, 5) is 7.11. The third kappa shape index (κ3) is 4.00. The number of ether oxygens (including phenoxy) is 2. The number of anilines is 2. The van der Waals surface area contributed by atoms with E-state index in [1.807, 2.05) is 10.7 Å². The number of fused-ring (bicyclic) bond motifs is 3. The molecule has 34 heavy (non-hydrogen) atoms. The number of nitrogens with zero attached hydrogens (tertiary/aromatic N) is 6. The number of hydrogen-bond donors (Lipinski definition) is 1. The van der Waals surface area contributed by atoms with Crippen LogP contribution in [-0.4, -0.2) is 51.2 Å². The molecule has 0 radical (unpaired) electrons. The van der Waals surface area contributed by atoms with Crippen LogP contribution in [0.15, 0.2) is 30.5 Å². The van der Waals surface area contributed by atoms with Crippen molar-refractivity contribution in [3.63, 3.8) is 0 Å². The summed E-state index contributed by atoms with van der Waals surface area (Å²) in [6, 6.07) is 6.46. The number of aromatic nitrogens is 5. The average Bonchev–Trinajstić information content (AvgIpc) is 3.44. The fraction of sp³-hybridized carbons (Fsp3) is 0.478. The lowest BCUT2D eigenvalue weighted by atomic mass is 9.92. The molecule has 9 nitrogen and oxygen atoms in total. The van der Waals surface area contributed by atoms with Gasteiger partial charge in [0, 0.05) is 49.3 Å². The molecular formula is C23H25ClFN7O2. The van der Waals surface area contributed by atoms with Crippen molar-refractivity contribution >= 4 is 23.2 Å². The second-order valence-corrected chi connectivity index (χ2v) is 9.58. The number of aryl methyl sites for hydroxylation is 1. The first kappa shape index (κ1) is 21.4. The van der Waals surface area contributed by atoms with Crippen molar-refractivity contribution in [2.45, 2.75) is 38.0 Å². The molecule has 0 amide bonds. The molecule has 2 bridgehead atoms. The van der Waals surface area contributed by atoms with Crippen LogP contribution in [0.1, 0.15) is 31.2 Å². The minimum Gasteiger partial charge on any atom is -0.482 e. The molecule has 11 heteroatoms. The summed E-state index contributed by atoms with van der Waals surface area (Å²) in [6.07, 6.45) is 4.57. The van der Waals surface area contributed by atoms with Crippen LogP contribution in [-0.2, 0) is 6.54 Å². The molecule has 0 spiro atoms. The van der Waals surface area contributed by atoms with Gasteiger partial charge >= 0.3 is 0 Å².